The Bertz CT molecular complexity index is 363. The third kappa shape index (κ3) is 4.40. The fraction of sp³-hybridized carbons (Fsp3) is 0.643. The lowest BCUT2D eigenvalue weighted by Gasteiger charge is -2.20. The second kappa shape index (κ2) is 5.96. The summed E-state index contributed by atoms with van der Waals surface area (Å²) in [5.74, 6) is 1.41. The molecule has 1 aliphatic rings. The van der Waals surface area contributed by atoms with Crippen molar-refractivity contribution in [1.29, 1.82) is 0 Å². The van der Waals surface area contributed by atoms with Gasteiger partial charge in [0.05, 0.1) is 0 Å². The number of aromatic nitrogens is 1. The van der Waals surface area contributed by atoms with Crippen LogP contribution >= 0.6 is 15.9 Å². The molecule has 0 spiro atoms. The summed E-state index contributed by atoms with van der Waals surface area (Å²) in [5.41, 5.74) is 1.32. The van der Waals surface area contributed by atoms with Crippen molar-refractivity contribution < 1.29 is 0 Å². The summed E-state index contributed by atoms with van der Waals surface area (Å²) >= 11 is 3.47. The molecule has 17 heavy (non-hydrogen) atoms. The number of hydrogen-bond donors (Lipinski definition) is 1. The first-order valence-corrected chi connectivity index (χ1v) is 7.27. The van der Waals surface area contributed by atoms with Crippen molar-refractivity contribution in [3.63, 3.8) is 0 Å². The van der Waals surface area contributed by atoms with Gasteiger partial charge in [0.15, 0.2) is 0 Å². The van der Waals surface area contributed by atoms with Crippen LogP contribution in [0.3, 0.4) is 0 Å². The van der Waals surface area contributed by atoms with Gasteiger partial charge in [0.2, 0.25) is 0 Å². The molecule has 0 aromatic carbocycles. The van der Waals surface area contributed by atoms with Crippen LogP contribution in [0.2, 0.25) is 0 Å². The van der Waals surface area contributed by atoms with E-state index in [4.69, 9.17) is 0 Å². The summed E-state index contributed by atoms with van der Waals surface area (Å²) in [7, 11) is 0. The van der Waals surface area contributed by atoms with Crippen molar-refractivity contribution in [2.45, 2.75) is 39.2 Å². The molecule has 94 valence electrons. The molecule has 2 unspecified atom stereocenters. The average molecular weight is 297 g/mol. The monoisotopic (exact) mass is 296 g/mol. The molecule has 1 N–H and O–H groups in total. The van der Waals surface area contributed by atoms with E-state index in [0.29, 0.717) is 5.92 Å². The molecule has 3 heteroatoms. The number of pyridine rings is 1. The zero-order valence-electron chi connectivity index (χ0n) is 10.6. The lowest BCUT2D eigenvalue weighted by molar-refractivity contribution is 0.364. The molecule has 0 bridgehead atoms. The molecule has 2 atom stereocenters. The van der Waals surface area contributed by atoms with Gasteiger partial charge in [-0.05, 0) is 65.2 Å². The number of rotatable bonds is 6. The molecular weight excluding hydrogens is 276 g/mol. The molecule has 0 amide bonds. The first kappa shape index (κ1) is 13.0. The van der Waals surface area contributed by atoms with Gasteiger partial charge in [-0.15, -0.1) is 0 Å². The highest BCUT2D eigenvalue weighted by molar-refractivity contribution is 9.10. The molecule has 1 aromatic rings. The van der Waals surface area contributed by atoms with E-state index in [9.17, 15) is 0 Å². The summed E-state index contributed by atoms with van der Waals surface area (Å²) < 4.78 is 1.07. The van der Waals surface area contributed by atoms with Gasteiger partial charge in [0.1, 0.15) is 0 Å². The SMILES string of the molecule is CC(CNC1CC1)C(C)Cc1cncc(Br)c1. The van der Waals surface area contributed by atoms with Crippen LogP contribution in [0.1, 0.15) is 32.3 Å². The van der Waals surface area contributed by atoms with Gasteiger partial charge < -0.3 is 5.32 Å². The van der Waals surface area contributed by atoms with Crippen LogP contribution in [0.15, 0.2) is 22.9 Å². The first-order valence-electron chi connectivity index (χ1n) is 6.48. The van der Waals surface area contributed by atoms with E-state index in [1.165, 1.54) is 18.4 Å². The van der Waals surface area contributed by atoms with Crippen LogP contribution in [0.25, 0.3) is 0 Å². The van der Waals surface area contributed by atoms with Crippen LogP contribution in [-0.4, -0.2) is 17.6 Å². The van der Waals surface area contributed by atoms with Crippen LogP contribution in [0.4, 0.5) is 0 Å². The normalized spacial score (nSPS) is 19.0. The Morgan fingerprint density at radius 1 is 1.35 bits per heavy atom. The Kier molecular flexibility index (Phi) is 4.57. The van der Waals surface area contributed by atoms with E-state index in [2.05, 4.69) is 46.1 Å². The van der Waals surface area contributed by atoms with Gasteiger partial charge in [0.25, 0.3) is 0 Å². The fourth-order valence-corrected chi connectivity index (χ4v) is 2.39. The third-order valence-corrected chi connectivity index (χ3v) is 4.03. The Balaban J connectivity index is 1.80. The average Bonchev–Trinajstić information content (AvgIpc) is 3.09. The van der Waals surface area contributed by atoms with Gasteiger partial charge in [0, 0.05) is 22.9 Å². The van der Waals surface area contributed by atoms with E-state index >= 15 is 0 Å². The molecule has 0 aliphatic heterocycles. The van der Waals surface area contributed by atoms with Gasteiger partial charge in [-0.3, -0.25) is 4.98 Å². The van der Waals surface area contributed by atoms with Crippen molar-refractivity contribution in [3.8, 4) is 0 Å². The highest BCUT2D eigenvalue weighted by Gasteiger charge is 2.22. The minimum atomic E-state index is 0.692. The molecule has 2 rings (SSSR count). The molecule has 1 fully saturated rings. The second-order valence-electron chi connectivity index (χ2n) is 5.35. The van der Waals surface area contributed by atoms with Crippen LogP contribution in [0.5, 0.6) is 0 Å². The van der Waals surface area contributed by atoms with Crippen molar-refractivity contribution in [2.75, 3.05) is 6.54 Å². The topological polar surface area (TPSA) is 24.9 Å². The molecule has 1 heterocycles. The minimum absolute atomic E-state index is 0.692. The maximum atomic E-state index is 4.22. The summed E-state index contributed by atoms with van der Waals surface area (Å²) in [6.45, 7) is 5.82. The molecule has 1 aromatic heterocycles. The van der Waals surface area contributed by atoms with Crippen molar-refractivity contribution >= 4 is 15.9 Å². The predicted molar refractivity (Wildman–Crippen MR) is 75.0 cm³/mol. The van der Waals surface area contributed by atoms with Crippen LogP contribution in [-0.2, 0) is 6.42 Å². The standard InChI is InChI=1S/C14H21BrN2/c1-10(11(2)7-17-14-3-4-14)5-12-6-13(15)9-16-8-12/h6,8-11,14,17H,3-5,7H2,1-2H3. The fourth-order valence-electron chi connectivity index (χ4n) is 1.98. The van der Waals surface area contributed by atoms with Gasteiger partial charge in [-0.2, -0.15) is 0 Å². The number of halogens is 1. The van der Waals surface area contributed by atoms with E-state index in [1.54, 1.807) is 0 Å². The summed E-state index contributed by atoms with van der Waals surface area (Å²) in [6, 6.07) is 2.99. The van der Waals surface area contributed by atoms with Crippen molar-refractivity contribution in [2.24, 2.45) is 11.8 Å². The van der Waals surface area contributed by atoms with Gasteiger partial charge in [-0.1, -0.05) is 13.8 Å². The summed E-state index contributed by atoms with van der Waals surface area (Å²) in [4.78, 5) is 4.22. The number of nitrogens with zero attached hydrogens (tertiary/aromatic N) is 1. The number of hydrogen-bond acceptors (Lipinski definition) is 2. The predicted octanol–water partition coefficient (Wildman–Crippen LogP) is 3.41. The summed E-state index contributed by atoms with van der Waals surface area (Å²) in [5, 5.41) is 3.61. The molecular formula is C14H21BrN2. The Morgan fingerprint density at radius 3 is 2.76 bits per heavy atom. The lowest BCUT2D eigenvalue weighted by atomic mass is 9.90. The maximum Gasteiger partial charge on any atom is 0.0410 e. The number of nitrogens with one attached hydrogen (secondary N) is 1. The Labute approximate surface area is 112 Å². The lowest BCUT2D eigenvalue weighted by Crippen LogP contribution is -2.27. The quantitative estimate of drug-likeness (QED) is 0.870. The zero-order valence-corrected chi connectivity index (χ0v) is 12.2. The molecule has 0 radical (unpaired) electrons. The maximum absolute atomic E-state index is 4.22. The Morgan fingerprint density at radius 2 is 2.12 bits per heavy atom. The first-order chi connectivity index (χ1) is 8.15. The van der Waals surface area contributed by atoms with Crippen LogP contribution in [0, 0.1) is 11.8 Å². The van der Waals surface area contributed by atoms with E-state index in [0.717, 1.165) is 29.4 Å². The van der Waals surface area contributed by atoms with E-state index in [1.807, 2.05) is 12.4 Å². The van der Waals surface area contributed by atoms with Crippen molar-refractivity contribution in [3.05, 3.63) is 28.5 Å². The smallest absolute Gasteiger partial charge is 0.0410 e. The van der Waals surface area contributed by atoms with E-state index in [-0.39, 0.29) is 0 Å². The van der Waals surface area contributed by atoms with Crippen LogP contribution < -0.4 is 5.32 Å². The van der Waals surface area contributed by atoms with E-state index < -0.39 is 0 Å². The van der Waals surface area contributed by atoms with Gasteiger partial charge >= 0.3 is 0 Å². The summed E-state index contributed by atoms with van der Waals surface area (Å²) in [6.07, 6.45) is 7.67. The Hall–Kier alpha value is -0.410. The highest BCUT2D eigenvalue weighted by Crippen LogP contribution is 2.22. The molecule has 1 aliphatic carbocycles. The minimum Gasteiger partial charge on any atom is -0.314 e. The molecule has 2 nitrogen and oxygen atoms in total. The van der Waals surface area contributed by atoms with Gasteiger partial charge in [-0.25, -0.2) is 0 Å². The largest absolute Gasteiger partial charge is 0.314 e. The highest BCUT2D eigenvalue weighted by atomic mass is 79.9. The second-order valence-corrected chi connectivity index (χ2v) is 6.27. The molecule has 1 saturated carbocycles. The third-order valence-electron chi connectivity index (χ3n) is 3.60. The molecule has 0 saturated heterocycles. The zero-order chi connectivity index (χ0) is 12.3. The van der Waals surface area contributed by atoms with Crippen molar-refractivity contribution in [1.82, 2.24) is 10.3 Å².